The van der Waals surface area contributed by atoms with E-state index >= 15 is 0 Å². The maximum absolute atomic E-state index is 9.13. The first kappa shape index (κ1) is 15.6. The molecule has 1 aliphatic heterocycles. The van der Waals surface area contributed by atoms with Crippen molar-refractivity contribution in [3.63, 3.8) is 0 Å². The summed E-state index contributed by atoms with van der Waals surface area (Å²) in [5, 5.41) is 9.87. The van der Waals surface area contributed by atoms with Gasteiger partial charge in [-0.3, -0.25) is 0 Å². The fourth-order valence-corrected chi connectivity index (χ4v) is 2.74. The average Bonchev–Trinajstić information content (AvgIpc) is 2.48. The van der Waals surface area contributed by atoms with Crippen LogP contribution >= 0.6 is 23.8 Å². The summed E-state index contributed by atoms with van der Waals surface area (Å²) in [5.41, 5.74) is 8.02. The summed E-state index contributed by atoms with van der Waals surface area (Å²) in [6, 6.07) is 9.94. The van der Waals surface area contributed by atoms with Gasteiger partial charge in [0.1, 0.15) is 16.6 Å². The summed E-state index contributed by atoms with van der Waals surface area (Å²) in [4.78, 5) is 4.62. The van der Waals surface area contributed by atoms with Gasteiger partial charge >= 0.3 is 0 Å². The second-order valence-corrected chi connectivity index (χ2v) is 5.76. The Hall–Kier alpha value is -1.77. The highest BCUT2D eigenvalue weighted by atomic mass is 35.5. The fourth-order valence-electron chi connectivity index (χ4n) is 2.42. The number of thiocarbonyl (C=S) groups is 1. The molecule has 21 heavy (non-hydrogen) atoms. The van der Waals surface area contributed by atoms with Crippen molar-refractivity contribution in [3.8, 4) is 6.07 Å². The van der Waals surface area contributed by atoms with E-state index in [1.165, 1.54) is 0 Å². The van der Waals surface area contributed by atoms with E-state index in [-0.39, 0.29) is 4.99 Å². The number of halogens is 1. The summed E-state index contributed by atoms with van der Waals surface area (Å²) in [6.45, 7) is 5.34. The molecule has 2 N–H and O–H groups in total. The molecule has 0 aromatic heterocycles. The van der Waals surface area contributed by atoms with E-state index in [4.69, 9.17) is 34.8 Å². The van der Waals surface area contributed by atoms with Crippen LogP contribution in [0.4, 0.5) is 5.69 Å². The zero-order valence-corrected chi connectivity index (χ0v) is 13.4. The molecule has 0 spiro atoms. The van der Waals surface area contributed by atoms with Crippen LogP contribution in [0.5, 0.6) is 0 Å². The highest BCUT2D eigenvalue weighted by molar-refractivity contribution is 7.80. The molecule has 4 nitrogen and oxygen atoms in total. The number of allylic oxidation sites excluding steroid dienone is 1. The fraction of sp³-hybridized carbons (Fsp3) is 0.333. The Morgan fingerprint density at radius 2 is 1.81 bits per heavy atom. The van der Waals surface area contributed by atoms with Gasteiger partial charge in [0.05, 0.1) is 0 Å². The molecule has 1 aromatic rings. The predicted octanol–water partition coefficient (Wildman–Crippen LogP) is 2.55. The van der Waals surface area contributed by atoms with Crippen LogP contribution in [0.3, 0.4) is 0 Å². The largest absolute Gasteiger partial charge is 0.389 e. The third-order valence-corrected chi connectivity index (χ3v) is 4.12. The van der Waals surface area contributed by atoms with Gasteiger partial charge in [-0.25, -0.2) is 0 Å². The minimum Gasteiger partial charge on any atom is -0.389 e. The van der Waals surface area contributed by atoms with E-state index in [1.807, 2.05) is 31.2 Å². The number of hydrogen-bond donors (Lipinski definition) is 1. The topological polar surface area (TPSA) is 56.3 Å². The van der Waals surface area contributed by atoms with Gasteiger partial charge < -0.3 is 15.5 Å². The number of piperazine rings is 1. The Morgan fingerprint density at radius 1 is 1.24 bits per heavy atom. The molecule has 1 aromatic carbocycles. The number of rotatable bonds is 3. The number of nitriles is 1. The van der Waals surface area contributed by atoms with Crippen molar-refractivity contribution >= 4 is 34.5 Å². The first-order valence-corrected chi connectivity index (χ1v) is 7.48. The maximum Gasteiger partial charge on any atom is 0.116 e. The molecule has 0 aliphatic carbocycles. The third kappa shape index (κ3) is 3.66. The molecule has 1 saturated heterocycles. The molecule has 2 rings (SSSR count). The molecule has 1 fully saturated rings. The Kier molecular flexibility index (Phi) is 5.05. The monoisotopic (exact) mass is 320 g/mol. The number of nitrogens with zero attached hydrogens (tertiary/aromatic N) is 3. The summed E-state index contributed by atoms with van der Waals surface area (Å²) < 4.78 is 0. The first-order chi connectivity index (χ1) is 10.0. The molecule has 110 valence electrons. The predicted molar refractivity (Wildman–Crippen MR) is 90.3 cm³/mol. The number of benzene rings is 1. The standard InChI is InChI=1S/C15H17ClN4S/c1-11(14(10-17)15(18)21)19-6-8-20(9-7-19)13-4-2-12(16)3-5-13/h2-5H,6-9H2,1H3,(H2,18,21)/b14-11-. The van der Waals surface area contributed by atoms with Crippen LogP contribution in [0.25, 0.3) is 0 Å². The molecule has 1 aliphatic rings. The van der Waals surface area contributed by atoms with Crippen molar-refractivity contribution in [3.05, 3.63) is 40.6 Å². The zero-order valence-electron chi connectivity index (χ0n) is 11.8. The van der Waals surface area contributed by atoms with Crippen molar-refractivity contribution in [2.24, 2.45) is 5.73 Å². The molecular formula is C15H17ClN4S. The highest BCUT2D eigenvalue weighted by Crippen LogP contribution is 2.21. The minimum atomic E-state index is 0.162. The van der Waals surface area contributed by atoms with Gasteiger partial charge in [-0.1, -0.05) is 23.8 Å². The van der Waals surface area contributed by atoms with Crippen molar-refractivity contribution in [1.82, 2.24) is 4.90 Å². The van der Waals surface area contributed by atoms with Gasteiger partial charge in [-0.2, -0.15) is 5.26 Å². The lowest BCUT2D eigenvalue weighted by molar-refractivity contribution is 0.321. The molecule has 6 heteroatoms. The molecule has 0 atom stereocenters. The van der Waals surface area contributed by atoms with E-state index in [2.05, 4.69) is 15.9 Å². The summed E-state index contributed by atoms with van der Waals surface area (Å²) in [5.74, 6) is 0. The van der Waals surface area contributed by atoms with Crippen molar-refractivity contribution < 1.29 is 0 Å². The molecule has 0 radical (unpaired) electrons. The lowest BCUT2D eigenvalue weighted by Crippen LogP contribution is -2.46. The summed E-state index contributed by atoms with van der Waals surface area (Å²) in [7, 11) is 0. The Bertz CT molecular complexity index is 595. The quantitative estimate of drug-likeness (QED) is 0.527. The van der Waals surface area contributed by atoms with Crippen molar-refractivity contribution in [2.45, 2.75) is 6.92 Å². The molecule has 0 bridgehead atoms. The first-order valence-electron chi connectivity index (χ1n) is 6.69. The van der Waals surface area contributed by atoms with Crippen LogP contribution < -0.4 is 10.6 Å². The normalized spacial score (nSPS) is 16.2. The third-order valence-electron chi connectivity index (χ3n) is 3.67. The van der Waals surface area contributed by atoms with E-state index in [9.17, 15) is 0 Å². The Morgan fingerprint density at radius 3 is 2.29 bits per heavy atom. The second-order valence-electron chi connectivity index (χ2n) is 4.89. The van der Waals surface area contributed by atoms with Gasteiger partial charge in [0.2, 0.25) is 0 Å². The highest BCUT2D eigenvalue weighted by Gasteiger charge is 2.19. The van der Waals surface area contributed by atoms with Crippen molar-refractivity contribution in [1.29, 1.82) is 5.26 Å². The van der Waals surface area contributed by atoms with Crippen LogP contribution in [-0.4, -0.2) is 36.1 Å². The van der Waals surface area contributed by atoms with E-state index in [0.29, 0.717) is 5.57 Å². The molecule has 0 saturated carbocycles. The number of nitrogens with two attached hydrogens (primary N) is 1. The van der Waals surface area contributed by atoms with E-state index < -0.39 is 0 Å². The maximum atomic E-state index is 9.13. The van der Waals surface area contributed by atoms with Gasteiger partial charge in [0.25, 0.3) is 0 Å². The molecular weight excluding hydrogens is 304 g/mol. The minimum absolute atomic E-state index is 0.162. The van der Waals surface area contributed by atoms with Crippen LogP contribution in [0.1, 0.15) is 6.92 Å². The summed E-state index contributed by atoms with van der Waals surface area (Å²) in [6.07, 6.45) is 0. The Balaban J connectivity index is 2.05. The summed E-state index contributed by atoms with van der Waals surface area (Å²) >= 11 is 10.8. The lowest BCUT2D eigenvalue weighted by Gasteiger charge is -2.38. The number of anilines is 1. The molecule has 1 heterocycles. The number of hydrogen-bond acceptors (Lipinski definition) is 4. The van der Waals surface area contributed by atoms with Crippen LogP contribution in [0.2, 0.25) is 5.02 Å². The Labute approximate surface area is 135 Å². The lowest BCUT2D eigenvalue weighted by atomic mass is 10.2. The van der Waals surface area contributed by atoms with Crippen LogP contribution in [0.15, 0.2) is 35.5 Å². The van der Waals surface area contributed by atoms with E-state index in [0.717, 1.165) is 42.6 Å². The molecule has 0 amide bonds. The van der Waals surface area contributed by atoms with E-state index in [1.54, 1.807) is 0 Å². The van der Waals surface area contributed by atoms with Crippen LogP contribution in [-0.2, 0) is 0 Å². The zero-order chi connectivity index (χ0) is 15.4. The van der Waals surface area contributed by atoms with Gasteiger partial charge in [0.15, 0.2) is 0 Å². The van der Waals surface area contributed by atoms with Crippen LogP contribution in [0, 0.1) is 11.3 Å². The second kappa shape index (κ2) is 6.79. The smallest absolute Gasteiger partial charge is 0.116 e. The SMILES string of the molecule is C/C(=C(\C#N)C(N)=S)N1CCN(c2ccc(Cl)cc2)CC1. The molecule has 0 unspecified atom stereocenters. The van der Waals surface area contributed by atoms with Crippen molar-refractivity contribution in [2.75, 3.05) is 31.1 Å². The van der Waals surface area contributed by atoms with Gasteiger partial charge in [0, 0.05) is 42.6 Å². The van der Waals surface area contributed by atoms with Gasteiger partial charge in [-0.05, 0) is 31.2 Å². The average molecular weight is 321 g/mol. The van der Waals surface area contributed by atoms with Gasteiger partial charge in [-0.15, -0.1) is 0 Å².